The van der Waals surface area contributed by atoms with Gasteiger partial charge in [-0.05, 0) is 51.5 Å². The van der Waals surface area contributed by atoms with Gasteiger partial charge in [0.05, 0.1) is 19.8 Å². The summed E-state index contributed by atoms with van der Waals surface area (Å²) in [5, 5.41) is 0. The van der Waals surface area contributed by atoms with E-state index in [1.165, 1.54) is 5.57 Å². The number of carbonyl (C=O) groups excluding carboxylic acids is 1. The molecule has 2 fully saturated rings. The maximum atomic E-state index is 13.1. The van der Waals surface area contributed by atoms with E-state index >= 15 is 0 Å². The molecule has 0 unspecified atom stereocenters. The molecular weight excluding hydrogens is 394 g/mol. The Balaban J connectivity index is 1.81. The third kappa shape index (κ3) is 6.09. The first-order valence-corrected chi connectivity index (χ1v) is 11.1. The molecule has 172 valence electrons. The normalized spacial score (nSPS) is 26.1. The second-order valence-electron chi connectivity index (χ2n) is 9.84. The van der Waals surface area contributed by atoms with Crippen molar-refractivity contribution >= 4 is 6.09 Å². The molecule has 3 rings (SSSR count). The number of amides is 1. The van der Waals surface area contributed by atoms with Crippen LogP contribution in [0.1, 0.15) is 45.6 Å². The smallest absolute Gasteiger partial charge is 0.410 e. The average Bonchev–Trinajstić information content (AvgIpc) is 2.72. The fourth-order valence-electron chi connectivity index (χ4n) is 4.77. The topological polar surface area (TPSA) is 57.2 Å². The predicted octanol–water partition coefficient (Wildman–Crippen LogP) is 4.79. The lowest BCUT2D eigenvalue weighted by Crippen LogP contribution is -2.61. The summed E-state index contributed by atoms with van der Waals surface area (Å²) in [5.41, 5.74) is 1.42. The molecule has 6 nitrogen and oxygen atoms in total. The zero-order valence-corrected chi connectivity index (χ0v) is 19.4. The van der Waals surface area contributed by atoms with Crippen LogP contribution in [-0.4, -0.2) is 56.3 Å². The summed E-state index contributed by atoms with van der Waals surface area (Å²) in [6, 6.07) is 10.3. The molecular formula is C25H37NO5. The first-order chi connectivity index (χ1) is 14.7. The summed E-state index contributed by atoms with van der Waals surface area (Å²) in [6.07, 6.45) is 2.43. The van der Waals surface area contributed by atoms with Crippen LogP contribution in [0.25, 0.3) is 0 Å². The van der Waals surface area contributed by atoms with Crippen LogP contribution in [0.4, 0.5) is 4.79 Å². The molecule has 1 saturated carbocycles. The summed E-state index contributed by atoms with van der Waals surface area (Å²) >= 11 is 0. The van der Waals surface area contributed by atoms with Gasteiger partial charge in [0.25, 0.3) is 0 Å². The van der Waals surface area contributed by atoms with Gasteiger partial charge in [-0.2, -0.15) is 0 Å². The lowest BCUT2D eigenvalue weighted by Gasteiger charge is -2.54. The maximum absolute atomic E-state index is 13.1. The predicted molar refractivity (Wildman–Crippen MR) is 120 cm³/mol. The van der Waals surface area contributed by atoms with E-state index in [0.29, 0.717) is 26.4 Å². The Hall–Kier alpha value is -1.89. The second-order valence-corrected chi connectivity index (χ2v) is 9.84. The van der Waals surface area contributed by atoms with Crippen molar-refractivity contribution in [1.29, 1.82) is 0 Å². The molecule has 1 amide bonds. The first kappa shape index (κ1) is 23.8. The summed E-state index contributed by atoms with van der Waals surface area (Å²) < 4.78 is 23.0. The minimum absolute atomic E-state index is 0.162. The second kappa shape index (κ2) is 10.2. The number of rotatable bonds is 8. The number of allylic oxidation sites excluding steroid dienone is 1. The van der Waals surface area contributed by atoms with Crippen molar-refractivity contribution in [1.82, 2.24) is 4.90 Å². The Labute approximate surface area is 186 Å². The van der Waals surface area contributed by atoms with E-state index in [0.717, 1.165) is 24.8 Å². The Morgan fingerprint density at radius 1 is 1.19 bits per heavy atom. The highest BCUT2D eigenvalue weighted by Crippen LogP contribution is 2.48. The fraction of sp³-hybridized carbons (Fsp3) is 0.640. The number of carbonyl (C=O) groups is 1. The van der Waals surface area contributed by atoms with Gasteiger partial charge >= 0.3 is 6.09 Å². The van der Waals surface area contributed by atoms with Gasteiger partial charge in [-0.15, -0.1) is 0 Å². The number of ether oxygens (including phenoxy) is 4. The van der Waals surface area contributed by atoms with Gasteiger partial charge in [0.15, 0.2) is 0 Å². The van der Waals surface area contributed by atoms with Crippen LogP contribution in [0.5, 0.6) is 0 Å². The molecule has 6 heteroatoms. The van der Waals surface area contributed by atoms with Gasteiger partial charge in [0.2, 0.25) is 0 Å². The number of fused-ring (bicyclic) bond motifs is 2. The van der Waals surface area contributed by atoms with Crippen molar-refractivity contribution < 1.29 is 23.7 Å². The highest BCUT2D eigenvalue weighted by atomic mass is 16.7. The molecule has 1 aliphatic carbocycles. The number of hydrogen-bond acceptors (Lipinski definition) is 5. The monoisotopic (exact) mass is 431 g/mol. The van der Waals surface area contributed by atoms with Crippen molar-refractivity contribution in [3.63, 3.8) is 0 Å². The summed E-state index contributed by atoms with van der Waals surface area (Å²) in [6.45, 7) is 12.2. The van der Waals surface area contributed by atoms with Crippen LogP contribution in [0, 0.1) is 11.3 Å². The molecule has 3 atom stereocenters. The van der Waals surface area contributed by atoms with E-state index in [4.69, 9.17) is 18.9 Å². The molecule has 0 aromatic heterocycles. The van der Waals surface area contributed by atoms with Gasteiger partial charge in [-0.1, -0.05) is 42.5 Å². The van der Waals surface area contributed by atoms with Crippen LogP contribution in [-0.2, 0) is 25.6 Å². The van der Waals surface area contributed by atoms with Gasteiger partial charge in [-0.25, -0.2) is 4.79 Å². The lowest BCUT2D eigenvalue weighted by molar-refractivity contribution is -0.134. The Bertz CT molecular complexity index is 744. The highest BCUT2D eigenvalue weighted by molar-refractivity contribution is 5.69. The van der Waals surface area contributed by atoms with Gasteiger partial charge in [-0.3, -0.25) is 0 Å². The van der Waals surface area contributed by atoms with Gasteiger partial charge in [0.1, 0.15) is 12.4 Å². The largest absolute Gasteiger partial charge is 0.444 e. The summed E-state index contributed by atoms with van der Waals surface area (Å²) in [5.74, 6) is 0.234. The Kier molecular flexibility index (Phi) is 7.78. The third-order valence-electron chi connectivity index (χ3n) is 6.18. The van der Waals surface area contributed by atoms with Crippen LogP contribution in [0.2, 0.25) is 0 Å². The molecule has 0 radical (unpaired) electrons. The van der Waals surface area contributed by atoms with Crippen molar-refractivity contribution in [3.8, 4) is 0 Å². The van der Waals surface area contributed by atoms with E-state index in [9.17, 15) is 4.79 Å². The molecule has 1 saturated heterocycles. The van der Waals surface area contributed by atoms with Crippen LogP contribution in [0.15, 0.2) is 42.5 Å². The maximum Gasteiger partial charge on any atom is 0.410 e. The molecule has 1 aromatic carbocycles. The molecule has 0 N–H and O–H groups in total. The molecule has 1 aliphatic heterocycles. The van der Waals surface area contributed by atoms with Crippen molar-refractivity contribution in [2.24, 2.45) is 11.3 Å². The van der Waals surface area contributed by atoms with E-state index < -0.39 is 11.0 Å². The zero-order chi connectivity index (χ0) is 22.5. The van der Waals surface area contributed by atoms with E-state index in [1.54, 1.807) is 7.11 Å². The van der Waals surface area contributed by atoms with E-state index in [1.807, 2.05) is 43.9 Å². The fourth-order valence-corrected chi connectivity index (χ4v) is 4.77. The summed E-state index contributed by atoms with van der Waals surface area (Å²) in [4.78, 5) is 15.0. The van der Waals surface area contributed by atoms with Crippen molar-refractivity contribution in [2.45, 2.75) is 58.3 Å². The number of benzene rings is 1. The minimum atomic E-state index is -0.536. The molecule has 1 aromatic rings. The van der Waals surface area contributed by atoms with E-state index in [2.05, 4.69) is 18.7 Å². The Morgan fingerprint density at radius 3 is 2.58 bits per heavy atom. The summed E-state index contributed by atoms with van der Waals surface area (Å²) in [7, 11) is 1.61. The minimum Gasteiger partial charge on any atom is -0.444 e. The first-order valence-electron chi connectivity index (χ1n) is 11.1. The van der Waals surface area contributed by atoms with E-state index in [-0.39, 0.29) is 24.8 Å². The van der Waals surface area contributed by atoms with Crippen LogP contribution in [0.3, 0.4) is 0 Å². The van der Waals surface area contributed by atoms with Gasteiger partial charge < -0.3 is 23.8 Å². The number of nitrogens with zero attached hydrogens (tertiary/aromatic N) is 1. The van der Waals surface area contributed by atoms with Gasteiger partial charge in [0, 0.05) is 25.1 Å². The number of piperidine rings is 1. The number of hydrogen-bond donors (Lipinski definition) is 0. The number of methoxy groups -OCH3 is 1. The standard InChI is InChI=1S/C25H37NO5/c1-19-11-12-21-13-22(19)25(17-30-18-28-5,15-26(21)23(27)31-24(2,3)4)16-29-14-20-9-7-6-8-10-20/h6-10,21-22H,1,11-18H2,2-5H3/t21-,22-,25-/m1/s1. The molecule has 31 heavy (non-hydrogen) atoms. The molecule has 0 spiro atoms. The highest BCUT2D eigenvalue weighted by Gasteiger charge is 2.52. The molecule has 1 heterocycles. The number of likely N-dealkylation sites (tertiary alicyclic amines) is 1. The van der Waals surface area contributed by atoms with Crippen LogP contribution < -0.4 is 0 Å². The average molecular weight is 432 g/mol. The van der Waals surface area contributed by atoms with Crippen molar-refractivity contribution in [3.05, 3.63) is 48.0 Å². The SMILES string of the molecule is C=C1CC[C@@H]2C[C@H]1[C@@](COCOC)(COCc1ccccc1)CN2C(=O)OC(C)(C)C. The molecule has 2 bridgehead atoms. The lowest BCUT2D eigenvalue weighted by atomic mass is 9.62. The van der Waals surface area contributed by atoms with Crippen molar-refractivity contribution in [2.75, 3.05) is 33.7 Å². The third-order valence-corrected chi connectivity index (χ3v) is 6.18. The Morgan fingerprint density at radius 2 is 1.90 bits per heavy atom. The van der Waals surface area contributed by atoms with Crippen LogP contribution >= 0.6 is 0 Å². The molecule has 2 aliphatic rings. The zero-order valence-electron chi connectivity index (χ0n) is 19.4. The quantitative estimate of drug-likeness (QED) is 0.337.